The van der Waals surface area contributed by atoms with Crippen LogP contribution in [0.1, 0.15) is 29.9 Å². The first-order chi connectivity index (χ1) is 6.70. The van der Waals surface area contributed by atoms with E-state index < -0.39 is 0 Å². The van der Waals surface area contributed by atoms with E-state index in [1.54, 1.807) is 17.5 Å². The van der Waals surface area contributed by atoms with Crippen LogP contribution in [0.3, 0.4) is 0 Å². The van der Waals surface area contributed by atoms with Crippen LogP contribution in [0.5, 0.6) is 0 Å². The molecule has 0 atom stereocenters. The van der Waals surface area contributed by atoms with Gasteiger partial charge in [0.05, 0.1) is 11.2 Å². The van der Waals surface area contributed by atoms with Gasteiger partial charge in [-0.1, -0.05) is 6.92 Å². The predicted octanol–water partition coefficient (Wildman–Crippen LogP) is 2.10. The lowest BCUT2D eigenvalue weighted by Gasteiger charge is -1.95. The number of ketones is 1. The van der Waals surface area contributed by atoms with Crippen molar-refractivity contribution in [2.24, 2.45) is 0 Å². The van der Waals surface area contributed by atoms with Gasteiger partial charge < -0.3 is 0 Å². The normalized spacial score (nSPS) is 10.7. The summed E-state index contributed by atoms with van der Waals surface area (Å²) in [4.78, 5) is 11.1. The highest BCUT2D eigenvalue weighted by Crippen LogP contribution is 2.10. The minimum absolute atomic E-state index is 0.0896. The summed E-state index contributed by atoms with van der Waals surface area (Å²) in [7, 11) is 0. The Morgan fingerprint density at radius 1 is 1.50 bits per heavy atom. The number of rotatable bonds is 2. The first-order valence-corrected chi connectivity index (χ1v) is 4.70. The lowest BCUT2D eigenvalue weighted by atomic mass is 10.2. The van der Waals surface area contributed by atoms with E-state index in [9.17, 15) is 4.79 Å². The van der Waals surface area contributed by atoms with E-state index in [1.165, 1.54) is 0 Å². The molecule has 0 aliphatic rings. The molecule has 0 bridgehead atoms. The molecule has 0 amide bonds. The summed E-state index contributed by atoms with van der Waals surface area (Å²) in [6, 6.07) is 5.67. The molecule has 0 unspecified atom stereocenters. The number of pyridine rings is 1. The van der Waals surface area contributed by atoms with E-state index in [2.05, 4.69) is 12.0 Å². The summed E-state index contributed by atoms with van der Waals surface area (Å²) in [5.74, 6) is 0.0896. The molecule has 0 saturated carbocycles. The third kappa shape index (κ3) is 1.41. The Morgan fingerprint density at radius 2 is 2.29 bits per heavy atom. The number of aryl methyl sites for hydroxylation is 1. The fraction of sp³-hybridized carbons (Fsp3) is 0.273. The fourth-order valence-electron chi connectivity index (χ4n) is 1.44. The number of hydrogen-bond donors (Lipinski definition) is 0. The Balaban J connectivity index is 2.59. The number of hydrogen-bond acceptors (Lipinski definition) is 2. The second-order valence-electron chi connectivity index (χ2n) is 3.33. The van der Waals surface area contributed by atoms with Crippen molar-refractivity contribution in [3.05, 3.63) is 35.7 Å². The molecule has 0 spiro atoms. The van der Waals surface area contributed by atoms with Crippen molar-refractivity contribution in [3.8, 4) is 0 Å². The Hall–Kier alpha value is -1.64. The van der Waals surface area contributed by atoms with Crippen molar-refractivity contribution in [1.29, 1.82) is 0 Å². The summed E-state index contributed by atoms with van der Waals surface area (Å²) >= 11 is 0. The summed E-state index contributed by atoms with van der Waals surface area (Å²) in [5.41, 5.74) is 2.76. The van der Waals surface area contributed by atoms with Gasteiger partial charge in [0, 0.05) is 11.8 Å². The number of aromatic nitrogens is 2. The van der Waals surface area contributed by atoms with Crippen LogP contribution < -0.4 is 0 Å². The van der Waals surface area contributed by atoms with Gasteiger partial charge in [0.25, 0.3) is 0 Å². The maximum absolute atomic E-state index is 11.1. The van der Waals surface area contributed by atoms with Gasteiger partial charge in [-0.25, -0.2) is 4.52 Å². The molecule has 14 heavy (non-hydrogen) atoms. The van der Waals surface area contributed by atoms with E-state index in [0.29, 0.717) is 0 Å². The minimum Gasteiger partial charge on any atom is -0.295 e. The van der Waals surface area contributed by atoms with Gasteiger partial charge in [-0.2, -0.15) is 5.10 Å². The van der Waals surface area contributed by atoms with Crippen molar-refractivity contribution < 1.29 is 4.79 Å². The first kappa shape index (κ1) is 8.94. The fourth-order valence-corrected chi connectivity index (χ4v) is 1.44. The molecule has 0 aromatic carbocycles. The van der Waals surface area contributed by atoms with Crippen molar-refractivity contribution >= 4 is 11.3 Å². The van der Waals surface area contributed by atoms with Crippen molar-refractivity contribution in [3.63, 3.8) is 0 Å². The molecule has 0 aliphatic heterocycles. The lowest BCUT2D eigenvalue weighted by molar-refractivity contribution is 0.101. The number of nitrogens with zero attached hydrogens (tertiary/aromatic N) is 2. The summed E-state index contributed by atoms with van der Waals surface area (Å²) in [6.45, 7) is 3.64. The smallest absolute Gasteiger partial charge is 0.159 e. The van der Waals surface area contributed by atoms with Crippen LogP contribution in [0.2, 0.25) is 0 Å². The van der Waals surface area contributed by atoms with Gasteiger partial charge in [0.15, 0.2) is 5.78 Å². The SMILES string of the molecule is CCc1cc2cc(C(C)=O)ccn2n1. The molecule has 2 heterocycles. The van der Waals surface area contributed by atoms with E-state index in [0.717, 1.165) is 23.2 Å². The molecule has 0 N–H and O–H groups in total. The average molecular weight is 188 g/mol. The average Bonchev–Trinajstić information content (AvgIpc) is 2.58. The van der Waals surface area contributed by atoms with Crippen LogP contribution >= 0.6 is 0 Å². The van der Waals surface area contributed by atoms with Crippen molar-refractivity contribution in [1.82, 2.24) is 9.61 Å². The van der Waals surface area contributed by atoms with Crippen LogP contribution in [-0.4, -0.2) is 15.4 Å². The van der Waals surface area contributed by atoms with E-state index in [1.807, 2.05) is 18.3 Å². The van der Waals surface area contributed by atoms with Gasteiger partial charge in [-0.15, -0.1) is 0 Å². The number of Topliss-reactive ketones (excluding diaryl/α,β-unsaturated/α-hetero) is 1. The highest BCUT2D eigenvalue weighted by atomic mass is 16.1. The van der Waals surface area contributed by atoms with Gasteiger partial charge in [0.2, 0.25) is 0 Å². The van der Waals surface area contributed by atoms with Crippen LogP contribution in [0.25, 0.3) is 5.52 Å². The third-order valence-corrected chi connectivity index (χ3v) is 2.28. The molecule has 2 rings (SSSR count). The van der Waals surface area contributed by atoms with Crippen LogP contribution in [0.15, 0.2) is 24.4 Å². The third-order valence-electron chi connectivity index (χ3n) is 2.28. The van der Waals surface area contributed by atoms with Gasteiger partial charge in [-0.3, -0.25) is 4.79 Å². The molecule has 0 aliphatic carbocycles. The lowest BCUT2D eigenvalue weighted by Crippen LogP contribution is -1.94. The summed E-state index contributed by atoms with van der Waals surface area (Å²) in [6.07, 6.45) is 2.74. The molecule has 72 valence electrons. The molecule has 3 nitrogen and oxygen atoms in total. The van der Waals surface area contributed by atoms with Crippen LogP contribution in [-0.2, 0) is 6.42 Å². The van der Waals surface area contributed by atoms with Gasteiger partial charge in [0.1, 0.15) is 0 Å². The molecule has 0 radical (unpaired) electrons. The Kier molecular flexibility index (Phi) is 2.08. The quantitative estimate of drug-likeness (QED) is 0.676. The zero-order valence-corrected chi connectivity index (χ0v) is 8.32. The van der Waals surface area contributed by atoms with E-state index >= 15 is 0 Å². The molecule has 2 aromatic heterocycles. The number of fused-ring (bicyclic) bond motifs is 1. The summed E-state index contributed by atoms with van der Waals surface area (Å²) < 4.78 is 1.80. The van der Waals surface area contributed by atoms with E-state index in [-0.39, 0.29) is 5.78 Å². The largest absolute Gasteiger partial charge is 0.295 e. The molecular formula is C11H12N2O. The van der Waals surface area contributed by atoms with E-state index in [4.69, 9.17) is 0 Å². The summed E-state index contributed by atoms with van der Waals surface area (Å²) in [5, 5.41) is 4.34. The Labute approximate surface area is 82.4 Å². The van der Waals surface area contributed by atoms with Gasteiger partial charge in [-0.05, 0) is 31.5 Å². The monoisotopic (exact) mass is 188 g/mol. The number of carbonyl (C=O) groups excluding carboxylic acids is 1. The molecular weight excluding hydrogens is 176 g/mol. The maximum atomic E-state index is 11.1. The molecule has 0 fully saturated rings. The standard InChI is InChI=1S/C11H12N2O/c1-3-10-7-11-6-9(8(2)14)4-5-13(11)12-10/h4-7H,3H2,1-2H3. The Bertz CT molecular complexity index is 485. The highest BCUT2D eigenvalue weighted by Gasteiger charge is 2.03. The molecule has 3 heteroatoms. The zero-order valence-electron chi connectivity index (χ0n) is 8.32. The van der Waals surface area contributed by atoms with Crippen molar-refractivity contribution in [2.45, 2.75) is 20.3 Å². The second-order valence-corrected chi connectivity index (χ2v) is 3.33. The molecule has 0 saturated heterocycles. The van der Waals surface area contributed by atoms with Crippen molar-refractivity contribution in [2.75, 3.05) is 0 Å². The van der Waals surface area contributed by atoms with Crippen LogP contribution in [0, 0.1) is 0 Å². The first-order valence-electron chi connectivity index (χ1n) is 4.70. The predicted molar refractivity (Wildman–Crippen MR) is 54.6 cm³/mol. The minimum atomic E-state index is 0.0896. The number of carbonyl (C=O) groups is 1. The topological polar surface area (TPSA) is 34.4 Å². The molecule has 2 aromatic rings. The second kappa shape index (κ2) is 3.25. The highest BCUT2D eigenvalue weighted by molar-refractivity contribution is 5.95. The maximum Gasteiger partial charge on any atom is 0.159 e. The zero-order chi connectivity index (χ0) is 10.1. The Morgan fingerprint density at radius 3 is 2.93 bits per heavy atom. The van der Waals surface area contributed by atoms with Crippen LogP contribution in [0.4, 0.5) is 0 Å². The van der Waals surface area contributed by atoms with Gasteiger partial charge >= 0.3 is 0 Å².